The lowest BCUT2D eigenvalue weighted by Crippen LogP contribution is -2.01. The van der Waals surface area contributed by atoms with Crippen LogP contribution in [0.25, 0.3) is 72.4 Å². The van der Waals surface area contributed by atoms with Gasteiger partial charge < -0.3 is 4.57 Å². The van der Waals surface area contributed by atoms with E-state index in [2.05, 4.69) is 120 Å². The number of fused-ring (bicyclic) bond motifs is 4. The van der Waals surface area contributed by atoms with E-state index in [1.54, 1.807) is 0 Å². The lowest BCUT2D eigenvalue weighted by Gasteiger charge is -2.12. The molecule has 8 rings (SSSR count). The molecule has 4 nitrogen and oxygen atoms in total. The maximum atomic E-state index is 5.02. The van der Waals surface area contributed by atoms with E-state index >= 15 is 0 Å². The van der Waals surface area contributed by atoms with Gasteiger partial charge in [0.2, 0.25) is 0 Å². The fraction of sp³-hybridized carbons (Fsp3) is 0. The standard InChI is InChI=1S/C37H24N4/c1-2-12-26(13-3-1)35-38-36(40-37(39-35)29-22-21-25-11-4-5-14-27(25)23-29)28-15-10-16-30(24-28)41-33-19-8-6-17-31(33)32-18-7-9-20-34(32)41/h1-24H. The maximum Gasteiger partial charge on any atom is 0.164 e. The third-order valence-electron chi connectivity index (χ3n) is 7.62. The third kappa shape index (κ3) is 4.05. The van der Waals surface area contributed by atoms with Crippen LogP contribution in [0.4, 0.5) is 0 Å². The minimum absolute atomic E-state index is 0.643. The molecule has 0 unspecified atom stereocenters. The molecule has 2 aromatic heterocycles. The molecular weight excluding hydrogens is 500 g/mol. The van der Waals surface area contributed by atoms with Crippen molar-refractivity contribution in [1.82, 2.24) is 19.5 Å². The zero-order valence-corrected chi connectivity index (χ0v) is 22.1. The predicted octanol–water partition coefficient (Wildman–Crippen LogP) is 9.12. The molecule has 0 aliphatic carbocycles. The molecule has 0 radical (unpaired) electrons. The molecule has 8 aromatic rings. The van der Waals surface area contributed by atoms with Gasteiger partial charge in [-0.3, -0.25) is 0 Å². The summed E-state index contributed by atoms with van der Waals surface area (Å²) in [5.41, 5.74) is 6.26. The summed E-state index contributed by atoms with van der Waals surface area (Å²) < 4.78 is 2.32. The second-order valence-electron chi connectivity index (χ2n) is 10.2. The minimum Gasteiger partial charge on any atom is -0.309 e. The first-order valence-electron chi connectivity index (χ1n) is 13.7. The van der Waals surface area contributed by atoms with E-state index in [-0.39, 0.29) is 0 Å². The first kappa shape index (κ1) is 23.3. The first-order chi connectivity index (χ1) is 20.3. The van der Waals surface area contributed by atoms with E-state index in [0.717, 1.165) is 27.8 Å². The summed E-state index contributed by atoms with van der Waals surface area (Å²) in [7, 11) is 0. The Morgan fingerprint density at radius 2 is 0.902 bits per heavy atom. The topological polar surface area (TPSA) is 43.6 Å². The summed E-state index contributed by atoms with van der Waals surface area (Å²) in [5, 5.41) is 4.81. The largest absolute Gasteiger partial charge is 0.309 e. The highest BCUT2D eigenvalue weighted by Crippen LogP contribution is 2.33. The zero-order valence-electron chi connectivity index (χ0n) is 22.1. The minimum atomic E-state index is 0.643. The Kier molecular flexibility index (Phi) is 5.42. The molecule has 6 aromatic carbocycles. The van der Waals surface area contributed by atoms with Gasteiger partial charge in [0.25, 0.3) is 0 Å². The van der Waals surface area contributed by atoms with Gasteiger partial charge in [0.1, 0.15) is 0 Å². The van der Waals surface area contributed by atoms with Gasteiger partial charge in [-0.05, 0) is 41.1 Å². The van der Waals surface area contributed by atoms with Crippen molar-refractivity contribution in [3.05, 3.63) is 146 Å². The molecule has 41 heavy (non-hydrogen) atoms. The van der Waals surface area contributed by atoms with Crippen LogP contribution in [0.2, 0.25) is 0 Å². The summed E-state index contributed by atoms with van der Waals surface area (Å²) in [6.07, 6.45) is 0. The van der Waals surface area contributed by atoms with Gasteiger partial charge in [-0.25, -0.2) is 15.0 Å². The van der Waals surface area contributed by atoms with E-state index in [1.807, 2.05) is 30.3 Å². The highest BCUT2D eigenvalue weighted by Gasteiger charge is 2.15. The molecule has 0 atom stereocenters. The van der Waals surface area contributed by atoms with E-state index in [9.17, 15) is 0 Å². The predicted molar refractivity (Wildman–Crippen MR) is 168 cm³/mol. The molecule has 0 saturated heterocycles. The highest BCUT2D eigenvalue weighted by molar-refractivity contribution is 6.09. The van der Waals surface area contributed by atoms with E-state index < -0.39 is 0 Å². The van der Waals surface area contributed by atoms with Crippen molar-refractivity contribution >= 4 is 32.6 Å². The van der Waals surface area contributed by atoms with Crippen LogP contribution in [0.5, 0.6) is 0 Å². The van der Waals surface area contributed by atoms with Gasteiger partial charge >= 0.3 is 0 Å². The van der Waals surface area contributed by atoms with Crippen LogP contribution in [-0.4, -0.2) is 19.5 Å². The monoisotopic (exact) mass is 524 g/mol. The number of rotatable bonds is 4. The van der Waals surface area contributed by atoms with Crippen molar-refractivity contribution in [3.8, 4) is 39.9 Å². The second kappa shape index (κ2) is 9.54. The maximum absolute atomic E-state index is 5.02. The van der Waals surface area contributed by atoms with E-state index in [4.69, 9.17) is 15.0 Å². The number of hydrogen-bond acceptors (Lipinski definition) is 3. The Hall–Kier alpha value is -5.61. The van der Waals surface area contributed by atoms with E-state index in [0.29, 0.717) is 17.5 Å². The van der Waals surface area contributed by atoms with Gasteiger partial charge in [0.05, 0.1) is 11.0 Å². The Morgan fingerprint density at radius 3 is 1.61 bits per heavy atom. The average molecular weight is 525 g/mol. The van der Waals surface area contributed by atoms with Gasteiger partial charge in [-0.1, -0.05) is 115 Å². The van der Waals surface area contributed by atoms with Crippen molar-refractivity contribution in [3.63, 3.8) is 0 Å². The number of hydrogen-bond donors (Lipinski definition) is 0. The number of nitrogens with zero attached hydrogens (tertiary/aromatic N) is 4. The van der Waals surface area contributed by atoms with Crippen LogP contribution in [0, 0.1) is 0 Å². The summed E-state index contributed by atoms with van der Waals surface area (Å²) in [4.78, 5) is 14.9. The summed E-state index contributed by atoms with van der Waals surface area (Å²) in [6.45, 7) is 0. The Bertz CT molecular complexity index is 2160. The van der Waals surface area contributed by atoms with Crippen LogP contribution < -0.4 is 0 Å². The highest BCUT2D eigenvalue weighted by atomic mass is 15.0. The van der Waals surface area contributed by atoms with Gasteiger partial charge in [0, 0.05) is 33.2 Å². The Morgan fingerprint density at radius 1 is 0.366 bits per heavy atom. The quantitative estimate of drug-likeness (QED) is 0.231. The molecule has 0 N–H and O–H groups in total. The summed E-state index contributed by atoms with van der Waals surface area (Å²) >= 11 is 0. The van der Waals surface area contributed by atoms with Crippen molar-refractivity contribution in [1.29, 1.82) is 0 Å². The van der Waals surface area contributed by atoms with E-state index in [1.165, 1.54) is 27.2 Å². The van der Waals surface area contributed by atoms with Crippen LogP contribution in [0.15, 0.2) is 146 Å². The van der Waals surface area contributed by atoms with Crippen molar-refractivity contribution in [2.45, 2.75) is 0 Å². The van der Waals surface area contributed by atoms with Crippen LogP contribution >= 0.6 is 0 Å². The van der Waals surface area contributed by atoms with Crippen LogP contribution in [-0.2, 0) is 0 Å². The van der Waals surface area contributed by atoms with Crippen molar-refractivity contribution < 1.29 is 0 Å². The molecule has 0 aliphatic rings. The first-order valence-corrected chi connectivity index (χ1v) is 13.7. The second-order valence-corrected chi connectivity index (χ2v) is 10.2. The normalized spacial score (nSPS) is 11.4. The molecular formula is C37H24N4. The summed E-state index contributed by atoms with van der Waals surface area (Å²) in [6, 6.07) is 50.4. The number of benzene rings is 6. The Balaban J connectivity index is 1.33. The third-order valence-corrected chi connectivity index (χ3v) is 7.62. The molecule has 192 valence electrons. The number of aromatic nitrogens is 4. The van der Waals surface area contributed by atoms with Gasteiger partial charge in [0.15, 0.2) is 17.5 Å². The van der Waals surface area contributed by atoms with Gasteiger partial charge in [-0.15, -0.1) is 0 Å². The van der Waals surface area contributed by atoms with Crippen LogP contribution in [0.1, 0.15) is 0 Å². The van der Waals surface area contributed by atoms with Crippen molar-refractivity contribution in [2.24, 2.45) is 0 Å². The molecule has 0 amide bonds. The fourth-order valence-corrected chi connectivity index (χ4v) is 5.66. The molecule has 0 spiro atoms. The molecule has 4 heteroatoms. The zero-order chi connectivity index (χ0) is 27.2. The SMILES string of the molecule is c1ccc(-c2nc(-c3cccc(-n4c5ccccc5c5ccccc54)c3)nc(-c3ccc4ccccc4c3)n2)cc1. The van der Waals surface area contributed by atoms with Crippen molar-refractivity contribution in [2.75, 3.05) is 0 Å². The molecule has 0 saturated carbocycles. The Labute approximate surface area is 237 Å². The molecule has 0 fully saturated rings. The number of para-hydroxylation sites is 2. The van der Waals surface area contributed by atoms with Crippen LogP contribution in [0.3, 0.4) is 0 Å². The fourth-order valence-electron chi connectivity index (χ4n) is 5.66. The smallest absolute Gasteiger partial charge is 0.164 e. The summed E-state index contributed by atoms with van der Waals surface area (Å²) in [5.74, 6) is 1.95. The molecule has 2 heterocycles. The average Bonchev–Trinajstić information content (AvgIpc) is 3.39. The molecule has 0 aliphatic heterocycles. The lowest BCUT2D eigenvalue weighted by molar-refractivity contribution is 1.07. The molecule has 0 bridgehead atoms. The lowest BCUT2D eigenvalue weighted by atomic mass is 10.1. The van der Waals surface area contributed by atoms with Gasteiger partial charge in [-0.2, -0.15) is 0 Å².